The van der Waals surface area contributed by atoms with E-state index in [1.54, 1.807) is 6.08 Å². The highest BCUT2D eigenvalue weighted by molar-refractivity contribution is 5.95. The summed E-state index contributed by atoms with van der Waals surface area (Å²) in [4.78, 5) is 14.2. The molecule has 0 saturated carbocycles. The molecule has 0 atom stereocenters. The van der Waals surface area contributed by atoms with E-state index >= 15 is 0 Å². The van der Waals surface area contributed by atoms with Crippen LogP contribution in [0.15, 0.2) is 30.9 Å². The summed E-state index contributed by atoms with van der Waals surface area (Å²) in [6, 6.07) is 5.93. The number of nitrogens with one attached hydrogen (secondary N) is 1. The highest BCUT2D eigenvalue weighted by Crippen LogP contribution is 2.23. The zero-order chi connectivity index (χ0) is 13.0. The Bertz CT molecular complexity index is 454. The topological polar surface area (TPSA) is 32.3 Å². The molecular weight excluding hydrogens is 224 g/mol. The van der Waals surface area contributed by atoms with E-state index in [1.807, 2.05) is 23.1 Å². The second-order valence-electron chi connectivity index (χ2n) is 4.59. The third-order valence-corrected chi connectivity index (χ3v) is 3.19. The van der Waals surface area contributed by atoms with Crippen molar-refractivity contribution < 1.29 is 4.79 Å². The van der Waals surface area contributed by atoms with Gasteiger partial charge < -0.3 is 10.2 Å². The van der Waals surface area contributed by atoms with Gasteiger partial charge in [-0.15, -0.1) is 6.58 Å². The van der Waals surface area contributed by atoms with Crippen molar-refractivity contribution >= 4 is 11.6 Å². The van der Waals surface area contributed by atoms with Crippen LogP contribution in [-0.4, -0.2) is 30.4 Å². The molecule has 1 N–H and O–H groups in total. The molecule has 18 heavy (non-hydrogen) atoms. The molecule has 3 nitrogen and oxygen atoms in total. The number of anilines is 1. The van der Waals surface area contributed by atoms with E-state index < -0.39 is 0 Å². The number of carbonyl (C=O) groups is 1. The molecule has 1 amide bonds. The van der Waals surface area contributed by atoms with Gasteiger partial charge in [0.15, 0.2) is 0 Å². The second kappa shape index (κ2) is 5.71. The Morgan fingerprint density at radius 3 is 3.11 bits per heavy atom. The largest absolute Gasteiger partial charge is 0.384 e. The standard InChI is InChI=1S/C15H20N2O/c1-3-9-17(10-4-2)15(18)13-5-6-14-12(11-13)7-8-16-14/h3,5-6,11,16H,1,4,7-10H2,2H3. The van der Waals surface area contributed by atoms with Gasteiger partial charge in [-0.25, -0.2) is 0 Å². The third-order valence-electron chi connectivity index (χ3n) is 3.19. The number of nitrogens with zero attached hydrogens (tertiary/aromatic N) is 1. The predicted molar refractivity (Wildman–Crippen MR) is 75.0 cm³/mol. The molecule has 0 bridgehead atoms. The lowest BCUT2D eigenvalue weighted by Gasteiger charge is -2.20. The van der Waals surface area contributed by atoms with Gasteiger partial charge in [-0.3, -0.25) is 4.79 Å². The molecule has 3 heteroatoms. The monoisotopic (exact) mass is 244 g/mol. The number of amides is 1. The lowest BCUT2D eigenvalue weighted by atomic mass is 10.1. The average Bonchev–Trinajstić information content (AvgIpc) is 2.84. The molecule has 0 spiro atoms. The zero-order valence-electron chi connectivity index (χ0n) is 10.9. The summed E-state index contributed by atoms with van der Waals surface area (Å²) >= 11 is 0. The van der Waals surface area contributed by atoms with Crippen LogP contribution in [0.3, 0.4) is 0 Å². The molecule has 0 aromatic heterocycles. The minimum Gasteiger partial charge on any atom is -0.384 e. The van der Waals surface area contributed by atoms with Gasteiger partial charge in [0.1, 0.15) is 0 Å². The highest BCUT2D eigenvalue weighted by atomic mass is 16.2. The van der Waals surface area contributed by atoms with Crippen LogP contribution in [-0.2, 0) is 6.42 Å². The summed E-state index contributed by atoms with van der Waals surface area (Å²) < 4.78 is 0. The molecule has 1 aromatic rings. The van der Waals surface area contributed by atoms with Gasteiger partial charge in [0.05, 0.1) is 0 Å². The molecule has 0 radical (unpaired) electrons. The third kappa shape index (κ3) is 2.55. The van der Waals surface area contributed by atoms with Crippen LogP contribution < -0.4 is 5.32 Å². The second-order valence-corrected chi connectivity index (χ2v) is 4.59. The number of fused-ring (bicyclic) bond motifs is 1. The molecule has 1 aliphatic heterocycles. The Labute approximate surface area is 108 Å². The van der Waals surface area contributed by atoms with E-state index in [2.05, 4.69) is 18.8 Å². The maximum Gasteiger partial charge on any atom is 0.254 e. The molecule has 1 aliphatic rings. The molecule has 96 valence electrons. The molecule has 0 unspecified atom stereocenters. The van der Waals surface area contributed by atoms with Crippen molar-refractivity contribution in [1.29, 1.82) is 0 Å². The Hall–Kier alpha value is -1.77. The normalized spacial score (nSPS) is 12.7. The van der Waals surface area contributed by atoms with Crippen molar-refractivity contribution in [3.63, 3.8) is 0 Å². The van der Waals surface area contributed by atoms with Crippen molar-refractivity contribution in [2.24, 2.45) is 0 Å². The first kappa shape index (κ1) is 12.7. The van der Waals surface area contributed by atoms with Crippen LogP contribution in [0, 0.1) is 0 Å². The Morgan fingerprint density at radius 1 is 1.56 bits per heavy atom. The van der Waals surface area contributed by atoms with Gasteiger partial charge in [0, 0.05) is 30.9 Å². The van der Waals surface area contributed by atoms with Crippen LogP contribution in [0.2, 0.25) is 0 Å². The predicted octanol–water partition coefficient (Wildman–Crippen LogP) is 2.69. The van der Waals surface area contributed by atoms with Gasteiger partial charge in [-0.05, 0) is 36.6 Å². The van der Waals surface area contributed by atoms with Crippen LogP contribution in [0.5, 0.6) is 0 Å². The fourth-order valence-electron chi connectivity index (χ4n) is 2.32. The van der Waals surface area contributed by atoms with Crippen molar-refractivity contribution in [3.8, 4) is 0 Å². The summed E-state index contributed by atoms with van der Waals surface area (Å²) in [7, 11) is 0. The Kier molecular flexibility index (Phi) is 4.03. The van der Waals surface area contributed by atoms with Crippen molar-refractivity contribution in [1.82, 2.24) is 4.90 Å². The SMILES string of the molecule is C=CCN(CCC)C(=O)c1ccc2c(c1)CCN2. The van der Waals surface area contributed by atoms with Gasteiger partial charge in [-0.1, -0.05) is 13.0 Å². The van der Waals surface area contributed by atoms with Crippen LogP contribution >= 0.6 is 0 Å². The quantitative estimate of drug-likeness (QED) is 0.808. The van der Waals surface area contributed by atoms with Crippen molar-refractivity contribution in [2.75, 3.05) is 25.0 Å². The van der Waals surface area contributed by atoms with E-state index in [-0.39, 0.29) is 5.91 Å². The maximum absolute atomic E-state index is 12.4. The van der Waals surface area contributed by atoms with E-state index in [4.69, 9.17) is 0 Å². The van der Waals surface area contributed by atoms with Crippen molar-refractivity contribution in [2.45, 2.75) is 19.8 Å². The van der Waals surface area contributed by atoms with E-state index in [0.717, 1.165) is 37.2 Å². The summed E-state index contributed by atoms with van der Waals surface area (Å²) in [5.74, 6) is 0.103. The van der Waals surface area contributed by atoms with E-state index in [9.17, 15) is 4.79 Å². The molecule has 2 rings (SSSR count). The number of hydrogen-bond donors (Lipinski definition) is 1. The molecule has 0 fully saturated rings. The first-order valence-electron chi connectivity index (χ1n) is 6.53. The first-order valence-corrected chi connectivity index (χ1v) is 6.53. The van der Waals surface area contributed by atoms with Crippen molar-refractivity contribution in [3.05, 3.63) is 42.0 Å². The molecule has 1 aromatic carbocycles. The first-order chi connectivity index (χ1) is 8.76. The summed E-state index contributed by atoms with van der Waals surface area (Å²) in [5.41, 5.74) is 3.20. The summed E-state index contributed by atoms with van der Waals surface area (Å²) in [6.07, 6.45) is 3.75. The van der Waals surface area contributed by atoms with E-state index in [0.29, 0.717) is 6.54 Å². The van der Waals surface area contributed by atoms with Crippen LogP contribution in [0.25, 0.3) is 0 Å². The maximum atomic E-state index is 12.4. The van der Waals surface area contributed by atoms with Gasteiger partial charge in [-0.2, -0.15) is 0 Å². The van der Waals surface area contributed by atoms with Crippen LogP contribution in [0.4, 0.5) is 5.69 Å². The molecular formula is C15H20N2O. The molecule has 0 aliphatic carbocycles. The molecule has 1 heterocycles. The highest BCUT2D eigenvalue weighted by Gasteiger charge is 2.17. The number of hydrogen-bond acceptors (Lipinski definition) is 2. The number of carbonyl (C=O) groups excluding carboxylic acids is 1. The fourth-order valence-corrected chi connectivity index (χ4v) is 2.32. The summed E-state index contributed by atoms with van der Waals surface area (Å²) in [5, 5.41) is 3.30. The average molecular weight is 244 g/mol. The Morgan fingerprint density at radius 2 is 2.39 bits per heavy atom. The van der Waals surface area contributed by atoms with Gasteiger partial charge in [0.25, 0.3) is 5.91 Å². The number of rotatable bonds is 5. The van der Waals surface area contributed by atoms with Gasteiger partial charge >= 0.3 is 0 Å². The van der Waals surface area contributed by atoms with E-state index in [1.165, 1.54) is 5.56 Å². The van der Waals surface area contributed by atoms with Gasteiger partial charge in [0.2, 0.25) is 0 Å². The summed E-state index contributed by atoms with van der Waals surface area (Å²) in [6.45, 7) is 8.15. The smallest absolute Gasteiger partial charge is 0.254 e. The zero-order valence-corrected chi connectivity index (χ0v) is 10.9. The molecule has 0 saturated heterocycles. The minimum absolute atomic E-state index is 0.103. The number of benzene rings is 1. The minimum atomic E-state index is 0.103. The lowest BCUT2D eigenvalue weighted by Crippen LogP contribution is -2.31. The Balaban J connectivity index is 2.18. The van der Waals surface area contributed by atoms with Crippen LogP contribution in [0.1, 0.15) is 29.3 Å². The lowest BCUT2D eigenvalue weighted by molar-refractivity contribution is 0.0774. The fraction of sp³-hybridized carbons (Fsp3) is 0.400.